The number of aliphatic carboxylic acids is 1. The summed E-state index contributed by atoms with van der Waals surface area (Å²) in [5.41, 5.74) is 0. The van der Waals surface area contributed by atoms with Crippen LogP contribution in [0.4, 0.5) is 0 Å². The van der Waals surface area contributed by atoms with Crippen molar-refractivity contribution in [2.75, 3.05) is 0 Å². The lowest BCUT2D eigenvalue weighted by Gasteiger charge is -2.16. The summed E-state index contributed by atoms with van der Waals surface area (Å²) in [5, 5.41) is 15.5. The Kier molecular flexibility index (Phi) is 3.40. The largest absolute Gasteiger partial charge is 0.481 e. The van der Waals surface area contributed by atoms with Crippen LogP contribution >= 0.6 is 0 Å². The molecule has 7 heteroatoms. The van der Waals surface area contributed by atoms with E-state index in [4.69, 9.17) is 5.11 Å². The third kappa shape index (κ3) is 2.55. The molecule has 0 fully saturated rings. The molecule has 3 atom stereocenters. The molecular weight excluding hydrogens is 236 g/mol. The number of nitrogens with one attached hydrogen (secondary N) is 1. The van der Waals surface area contributed by atoms with E-state index in [1.54, 1.807) is 19.1 Å². The van der Waals surface area contributed by atoms with Crippen molar-refractivity contribution in [3.8, 4) is 0 Å². The standard InChI is InChI=1S/C11H14N4O3/c1-7(15-6-12-5-13-15)10(16)14-9-3-2-8(4-9)11(17)18/h2-3,5-9H,4H2,1H3,(H,14,16)(H,17,18). The van der Waals surface area contributed by atoms with E-state index in [0.29, 0.717) is 6.42 Å². The quantitative estimate of drug-likeness (QED) is 0.732. The van der Waals surface area contributed by atoms with Crippen molar-refractivity contribution in [2.24, 2.45) is 5.92 Å². The average Bonchev–Trinajstić information content (AvgIpc) is 2.98. The molecule has 0 aromatic carbocycles. The summed E-state index contributed by atoms with van der Waals surface area (Å²) in [6.07, 6.45) is 6.54. The molecule has 0 saturated heterocycles. The maximum atomic E-state index is 11.9. The van der Waals surface area contributed by atoms with Gasteiger partial charge in [-0.1, -0.05) is 12.2 Å². The van der Waals surface area contributed by atoms with Crippen LogP contribution in [0, 0.1) is 5.92 Å². The minimum Gasteiger partial charge on any atom is -0.481 e. The molecule has 2 rings (SSSR count). The Bertz CT molecular complexity index is 469. The van der Waals surface area contributed by atoms with Crippen LogP contribution in [0.3, 0.4) is 0 Å². The normalized spacial score (nSPS) is 23.8. The van der Waals surface area contributed by atoms with Crippen molar-refractivity contribution in [1.29, 1.82) is 0 Å². The van der Waals surface area contributed by atoms with E-state index in [0.717, 1.165) is 0 Å². The van der Waals surface area contributed by atoms with E-state index in [1.165, 1.54) is 17.3 Å². The van der Waals surface area contributed by atoms with Crippen LogP contribution in [0.1, 0.15) is 19.4 Å². The second-order valence-corrected chi connectivity index (χ2v) is 4.23. The van der Waals surface area contributed by atoms with Gasteiger partial charge < -0.3 is 10.4 Å². The molecule has 96 valence electrons. The molecule has 1 aromatic heterocycles. The van der Waals surface area contributed by atoms with Crippen LogP contribution in [0.2, 0.25) is 0 Å². The molecule has 1 aromatic rings. The zero-order valence-electron chi connectivity index (χ0n) is 9.85. The minimum absolute atomic E-state index is 0.207. The van der Waals surface area contributed by atoms with Crippen LogP contribution in [-0.4, -0.2) is 37.8 Å². The first kappa shape index (κ1) is 12.3. The summed E-state index contributed by atoms with van der Waals surface area (Å²) in [6, 6.07) is -0.700. The number of carbonyl (C=O) groups excluding carboxylic acids is 1. The number of hydrogen-bond acceptors (Lipinski definition) is 4. The first-order valence-corrected chi connectivity index (χ1v) is 5.63. The lowest BCUT2D eigenvalue weighted by atomic mass is 10.1. The summed E-state index contributed by atoms with van der Waals surface area (Å²) in [6.45, 7) is 1.71. The van der Waals surface area contributed by atoms with Crippen molar-refractivity contribution in [1.82, 2.24) is 20.1 Å². The molecule has 18 heavy (non-hydrogen) atoms. The van der Waals surface area contributed by atoms with E-state index in [1.807, 2.05) is 0 Å². The second-order valence-electron chi connectivity index (χ2n) is 4.23. The zero-order chi connectivity index (χ0) is 13.1. The molecule has 3 unspecified atom stereocenters. The van der Waals surface area contributed by atoms with Gasteiger partial charge in [0.25, 0.3) is 0 Å². The molecule has 0 radical (unpaired) electrons. The minimum atomic E-state index is -0.868. The first-order chi connectivity index (χ1) is 8.58. The van der Waals surface area contributed by atoms with Gasteiger partial charge >= 0.3 is 5.97 Å². The van der Waals surface area contributed by atoms with Gasteiger partial charge in [0, 0.05) is 6.04 Å². The van der Waals surface area contributed by atoms with Crippen LogP contribution in [0.5, 0.6) is 0 Å². The third-order valence-electron chi connectivity index (χ3n) is 2.94. The third-order valence-corrected chi connectivity index (χ3v) is 2.94. The monoisotopic (exact) mass is 250 g/mol. The van der Waals surface area contributed by atoms with Crippen LogP contribution in [0.25, 0.3) is 0 Å². The highest BCUT2D eigenvalue weighted by Gasteiger charge is 2.27. The van der Waals surface area contributed by atoms with Gasteiger partial charge in [-0.15, -0.1) is 0 Å². The number of hydrogen-bond donors (Lipinski definition) is 2. The predicted octanol–water partition coefficient (Wildman–Crippen LogP) is -0.0154. The summed E-state index contributed by atoms with van der Waals surface area (Å²) >= 11 is 0. The lowest BCUT2D eigenvalue weighted by Crippen LogP contribution is -2.37. The molecular formula is C11H14N4O3. The fraction of sp³-hybridized carbons (Fsp3) is 0.455. The van der Waals surface area contributed by atoms with Gasteiger partial charge in [0.15, 0.2) is 0 Å². The number of rotatable bonds is 4. The summed E-state index contributed by atoms with van der Waals surface area (Å²) in [4.78, 5) is 26.4. The molecule has 1 aliphatic carbocycles. The Balaban J connectivity index is 1.90. The molecule has 0 spiro atoms. The van der Waals surface area contributed by atoms with Crippen LogP contribution in [-0.2, 0) is 9.59 Å². The van der Waals surface area contributed by atoms with Crippen molar-refractivity contribution in [2.45, 2.75) is 25.4 Å². The Morgan fingerprint density at radius 1 is 1.50 bits per heavy atom. The van der Waals surface area contributed by atoms with Gasteiger partial charge in [0.2, 0.25) is 5.91 Å². The van der Waals surface area contributed by atoms with Crippen LogP contribution in [0.15, 0.2) is 24.8 Å². The van der Waals surface area contributed by atoms with Crippen molar-refractivity contribution in [3.63, 3.8) is 0 Å². The molecule has 1 amide bonds. The van der Waals surface area contributed by atoms with Gasteiger partial charge in [-0.3, -0.25) is 9.59 Å². The predicted molar refractivity (Wildman–Crippen MR) is 61.5 cm³/mol. The van der Waals surface area contributed by atoms with Gasteiger partial charge in [0.05, 0.1) is 5.92 Å². The first-order valence-electron chi connectivity index (χ1n) is 5.63. The summed E-state index contributed by atoms with van der Waals surface area (Å²) in [5.74, 6) is -1.59. The van der Waals surface area contributed by atoms with Gasteiger partial charge in [-0.05, 0) is 13.3 Å². The topological polar surface area (TPSA) is 97.1 Å². The van der Waals surface area contributed by atoms with Gasteiger partial charge in [0.1, 0.15) is 18.7 Å². The van der Waals surface area contributed by atoms with Gasteiger partial charge in [-0.2, -0.15) is 5.10 Å². The fourth-order valence-corrected chi connectivity index (χ4v) is 1.83. The van der Waals surface area contributed by atoms with Crippen molar-refractivity contribution >= 4 is 11.9 Å². The van der Waals surface area contributed by atoms with E-state index in [-0.39, 0.29) is 11.9 Å². The van der Waals surface area contributed by atoms with Crippen molar-refractivity contribution in [3.05, 3.63) is 24.8 Å². The number of carboxylic acid groups (broad SMARTS) is 1. The number of carbonyl (C=O) groups is 2. The Hall–Kier alpha value is -2.18. The highest BCUT2D eigenvalue weighted by molar-refractivity contribution is 5.80. The Morgan fingerprint density at radius 3 is 2.83 bits per heavy atom. The Labute approximate surface area is 104 Å². The van der Waals surface area contributed by atoms with Crippen LogP contribution < -0.4 is 5.32 Å². The van der Waals surface area contributed by atoms with E-state index < -0.39 is 17.9 Å². The van der Waals surface area contributed by atoms with E-state index in [2.05, 4.69) is 15.4 Å². The highest BCUT2D eigenvalue weighted by Crippen LogP contribution is 2.18. The smallest absolute Gasteiger partial charge is 0.310 e. The summed E-state index contributed by atoms with van der Waals surface area (Å²) < 4.78 is 1.45. The Morgan fingerprint density at radius 2 is 2.28 bits per heavy atom. The molecule has 0 saturated carbocycles. The maximum Gasteiger partial charge on any atom is 0.310 e. The van der Waals surface area contributed by atoms with Gasteiger partial charge in [-0.25, -0.2) is 9.67 Å². The SMILES string of the molecule is CC(C(=O)NC1C=CC(C(=O)O)C1)n1cncn1. The van der Waals surface area contributed by atoms with E-state index >= 15 is 0 Å². The molecule has 0 bridgehead atoms. The lowest BCUT2D eigenvalue weighted by molar-refractivity contribution is -0.140. The average molecular weight is 250 g/mol. The zero-order valence-corrected chi connectivity index (χ0v) is 9.85. The second kappa shape index (κ2) is 4.99. The maximum absolute atomic E-state index is 11.9. The summed E-state index contributed by atoms with van der Waals surface area (Å²) in [7, 11) is 0. The molecule has 7 nitrogen and oxygen atoms in total. The molecule has 1 aliphatic rings. The molecule has 0 aliphatic heterocycles. The highest BCUT2D eigenvalue weighted by atomic mass is 16.4. The number of aromatic nitrogens is 3. The number of nitrogens with zero attached hydrogens (tertiary/aromatic N) is 3. The fourth-order valence-electron chi connectivity index (χ4n) is 1.83. The number of carboxylic acids is 1. The molecule has 2 N–H and O–H groups in total. The van der Waals surface area contributed by atoms with E-state index in [9.17, 15) is 9.59 Å². The number of amides is 1. The molecule has 1 heterocycles. The van der Waals surface area contributed by atoms with Crippen molar-refractivity contribution < 1.29 is 14.7 Å².